The Hall–Kier alpha value is -2.22. The van der Waals surface area contributed by atoms with E-state index < -0.39 is 0 Å². The number of rotatable bonds is 4. The van der Waals surface area contributed by atoms with Gasteiger partial charge in [-0.15, -0.1) is 10.2 Å². The highest BCUT2D eigenvalue weighted by Gasteiger charge is 2.43. The van der Waals surface area contributed by atoms with Gasteiger partial charge in [0, 0.05) is 31.0 Å². The molecule has 0 spiro atoms. The van der Waals surface area contributed by atoms with Crippen LogP contribution in [0.1, 0.15) is 53.2 Å². The van der Waals surface area contributed by atoms with Crippen LogP contribution in [0, 0.1) is 18.8 Å². The van der Waals surface area contributed by atoms with E-state index in [-0.39, 0.29) is 12.0 Å². The number of ether oxygens (including phenoxy) is 1. The molecule has 2 saturated heterocycles. The Morgan fingerprint density at radius 1 is 1.31 bits per heavy atom. The molecule has 2 aromatic heterocycles. The number of carbonyl (C=O) groups excluding carboxylic acids is 1. The fourth-order valence-electron chi connectivity index (χ4n) is 4.12. The summed E-state index contributed by atoms with van der Waals surface area (Å²) >= 11 is 0. The van der Waals surface area contributed by atoms with Gasteiger partial charge in [-0.1, -0.05) is 5.16 Å². The van der Waals surface area contributed by atoms with Crippen molar-refractivity contribution in [3.8, 4) is 0 Å². The maximum atomic E-state index is 12.6. The highest BCUT2D eigenvalue weighted by atomic mass is 16.5. The number of aryl methyl sites for hydroxylation is 1. The van der Waals surface area contributed by atoms with Gasteiger partial charge in [0.05, 0.1) is 24.8 Å². The largest absolute Gasteiger partial charge is 0.425 e. The number of hydrogen-bond donors (Lipinski definition) is 0. The molecule has 0 aromatic carbocycles. The maximum Gasteiger partial charge on any atom is 0.292 e. The van der Waals surface area contributed by atoms with E-state index in [0.29, 0.717) is 55.5 Å². The van der Waals surface area contributed by atoms with Crippen LogP contribution < -0.4 is 0 Å². The van der Waals surface area contributed by atoms with Gasteiger partial charge in [-0.25, -0.2) is 0 Å². The van der Waals surface area contributed by atoms with Crippen molar-refractivity contribution in [3.05, 3.63) is 29.3 Å². The SMILES string of the molecule is Cc1cc(C(=O)N2CC[C@@H]3[C@@H](CO[C@@H]3Cc3nnc(C4CC4)o3)C2)on1. The van der Waals surface area contributed by atoms with Crippen molar-refractivity contribution in [2.75, 3.05) is 19.7 Å². The minimum absolute atomic E-state index is 0.0847. The van der Waals surface area contributed by atoms with E-state index in [1.54, 1.807) is 6.07 Å². The van der Waals surface area contributed by atoms with E-state index >= 15 is 0 Å². The van der Waals surface area contributed by atoms with Crippen LogP contribution in [0.3, 0.4) is 0 Å². The van der Waals surface area contributed by atoms with Gasteiger partial charge in [0.15, 0.2) is 0 Å². The summed E-state index contributed by atoms with van der Waals surface area (Å²) in [6.45, 7) is 3.87. The predicted molar refractivity (Wildman–Crippen MR) is 88.5 cm³/mol. The van der Waals surface area contributed by atoms with Crippen LogP contribution >= 0.6 is 0 Å². The fraction of sp³-hybridized carbons (Fsp3) is 0.667. The van der Waals surface area contributed by atoms with Crippen LogP contribution in [0.2, 0.25) is 0 Å². The number of aromatic nitrogens is 3. The first kappa shape index (κ1) is 16.0. The van der Waals surface area contributed by atoms with Crippen LogP contribution in [0.5, 0.6) is 0 Å². The zero-order valence-corrected chi connectivity index (χ0v) is 14.8. The quantitative estimate of drug-likeness (QED) is 0.824. The van der Waals surface area contributed by atoms with E-state index in [2.05, 4.69) is 15.4 Å². The molecule has 26 heavy (non-hydrogen) atoms. The Bertz CT molecular complexity index is 812. The van der Waals surface area contributed by atoms with Crippen molar-refractivity contribution in [1.29, 1.82) is 0 Å². The molecule has 0 radical (unpaired) electrons. The first-order valence-electron chi connectivity index (χ1n) is 9.34. The number of nitrogens with zero attached hydrogens (tertiary/aromatic N) is 4. The summed E-state index contributed by atoms with van der Waals surface area (Å²) in [5, 5.41) is 12.1. The molecular weight excluding hydrogens is 336 g/mol. The Balaban J connectivity index is 1.21. The van der Waals surface area contributed by atoms with Crippen LogP contribution in [0.4, 0.5) is 0 Å². The molecule has 0 bridgehead atoms. The minimum Gasteiger partial charge on any atom is -0.425 e. The summed E-state index contributed by atoms with van der Waals surface area (Å²) in [6.07, 6.45) is 3.98. The van der Waals surface area contributed by atoms with Crippen molar-refractivity contribution >= 4 is 5.91 Å². The zero-order chi connectivity index (χ0) is 17.7. The first-order chi connectivity index (χ1) is 12.7. The van der Waals surface area contributed by atoms with E-state index in [1.165, 1.54) is 0 Å². The molecule has 4 heterocycles. The highest BCUT2D eigenvalue weighted by Crippen LogP contribution is 2.40. The molecule has 8 nitrogen and oxygen atoms in total. The normalized spacial score (nSPS) is 28.3. The number of piperidine rings is 1. The number of hydrogen-bond acceptors (Lipinski definition) is 7. The lowest BCUT2D eigenvalue weighted by Gasteiger charge is -2.34. The molecule has 5 rings (SSSR count). The van der Waals surface area contributed by atoms with Gasteiger partial charge in [-0.2, -0.15) is 0 Å². The van der Waals surface area contributed by atoms with Gasteiger partial charge < -0.3 is 18.6 Å². The average Bonchev–Trinajstić information content (AvgIpc) is 3.04. The van der Waals surface area contributed by atoms with Crippen LogP contribution in [-0.4, -0.2) is 52.0 Å². The van der Waals surface area contributed by atoms with Crippen molar-refractivity contribution in [1.82, 2.24) is 20.3 Å². The molecule has 0 N–H and O–H groups in total. The lowest BCUT2D eigenvalue weighted by Crippen LogP contribution is -2.44. The monoisotopic (exact) mass is 358 g/mol. The third-order valence-corrected chi connectivity index (χ3v) is 5.71. The molecule has 1 saturated carbocycles. The topological polar surface area (TPSA) is 94.5 Å². The predicted octanol–water partition coefficient (Wildman–Crippen LogP) is 1.96. The smallest absolute Gasteiger partial charge is 0.292 e. The van der Waals surface area contributed by atoms with E-state index in [9.17, 15) is 4.79 Å². The third-order valence-electron chi connectivity index (χ3n) is 5.71. The van der Waals surface area contributed by atoms with Crippen LogP contribution in [0.25, 0.3) is 0 Å². The molecule has 3 atom stereocenters. The van der Waals surface area contributed by atoms with E-state index in [1.807, 2.05) is 11.8 Å². The molecule has 1 aliphatic carbocycles. The van der Waals surface area contributed by atoms with Crippen LogP contribution in [0.15, 0.2) is 15.0 Å². The lowest BCUT2D eigenvalue weighted by molar-refractivity contribution is 0.0567. The Morgan fingerprint density at radius 2 is 2.19 bits per heavy atom. The van der Waals surface area contributed by atoms with Crippen molar-refractivity contribution in [3.63, 3.8) is 0 Å². The summed E-state index contributed by atoms with van der Waals surface area (Å²) in [6, 6.07) is 1.69. The molecule has 2 aromatic rings. The summed E-state index contributed by atoms with van der Waals surface area (Å²) in [7, 11) is 0. The molecule has 138 valence electrons. The van der Waals surface area contributed by atoms with Gasteiger partial charge in [0.25, 0.3) is 5.91 Å². The standard InChI is InChI=1S/C18H22N4O4/c1-10-6-15(26-21-10)18(23)22-5-4-13-12(8-22)9-24-14(13)7-16-19-20-17(25-16)11-2-3-11/h6,11-14H,2-5,7-9H2,1H3/t12-,13-,14-/m1/s1. The minimum atomic E-state index is -0.0847. The molecule has 3 aliphatic rings. The molecule has 2 aliphatic heterocycles. The third kappa shape index (κ3) is 2.92. The second-order valence-corrected chi connectivity index (χ2v) is 7.68. The second kappa shape index (κ2) is 6.19. The van der Waals surface area contributed by atoms with Gasteiger partial charge in [0.1, 0.15) is 0 Å². The molecule has 0 unspecified atom stereocenters. The van der Waals surface area contributed by atoms with Crippen LogP contribution in [-0.2, 0) is 11.2 Å². The Kier molecular flexibility index (Phi) is 3.81. The summed E-state index contributed by atoms with van der Waals surface area (Å²) in [5.74, 6) is 2.92. The van der Waals surface area contributed by atoms with E-state index in [4.69, 9.17) is 13.7 Å². The summed E-state index contributed by atoms with van der Waals surface area (Å²) < 4.78 is 16.9. The molecule has 8 heteroatoms. The molecule has 1 amide bonds. The first-order valence-corrected chi connectivity index (χ1v) is 9.34. The fourth-order valence-corrected chi connectivity index (χ4v) is 4.12. The zero-order valence-electron chi connectivity index (χ0n) is 14.8. The van der Waals surface area contributed by atoms with Crippen molar-refractivity contribution < 1.29 is 18.5 Å². The van der Waals surface area contributed by atoms with Crippen molar-refractivity contribution in [2.24, 2.45) is 11.8 Å². The molecule has 3 fully saturated rings. The Morgan fingerprint density at radius 3 is 2.96 bits per heavy atom. The molecular formula is C18H22N4O4. The highest BCUT2D eigenvalue weighted by molar-refractivity contribution is 5.91. The number of likely N-dealkylation sites (tertiary alicyclic amines) is 1. The van der Waals surface area contributed by atoms with Crippen molar-refractivity contribution in [2.45, 2.75) is 44.6 Å². The summed E-state index contributed by atoms with van der Waals surface area (Å²) in [5.41, 5.74) is 0.720. The number of carbonyl (C=O) groups is 1. The van der Waals surface area contributed by atoms with E-state index in [0.717, 1.165) is 30.8 Å². The van der Waals surface area contributed by atoms with Gasteiger partial charge in [-0.05, 0) is 32.1 Å². The van der Waals surface area contributed by atoms with Gasteiger partial charge in [-0.3, -0.25) is 4.79 Å². The summed E-state index contributed by atoms with van der Waals surface area (Å²) in [4.78, 5) is 14.4. The average molecular weight is 358 g/mol. The maximum absolute atomic E-state index is 12.6. The number of fused-ring (bicyclic) bond motifs is 1. The van der Waals surface area contributed by atoms with Gasteiger partial charge in [0.2, 0.25) is 17.5 Å². The second-order valence-electron chi connectivity index (χ2n) is 7.68. The number of amides is 1. The lowest BCUT2D eigenvalue weighted by atomic mass is 9.83. The Labute approximate surface area is 150 Å². The van der Waals surface area contributed by atoms with Gasteiger partial charge >= 0.3 is 0 Å².